The first-order valence-corrected chi connectivity index (χ1v) is 4.98. The monoisotopic (exact) mass is 295 g/mol. The molecule has 0 amide bonds. The van der Waals surface area contributed by atoms with Gasteiger partial charge < -0.3 is 0 Å². The molecule has 0 aliphatic rings. The van der Waals surface area contributed by atoms with Crippen LogP contribution in [-0.2, 0) is 5.88 Å². The third kappa shape index (κ3) is 2.42. The second-order valence-electron chi connectivity index (χ2n) is 2.35. The third-order valence-corrected chi connectivity index (χ3v) is 2.24. The fourth-order valence-electron chi connectivity index (χ4n) is 0.800. The highest BCUT2D eigenvalue weighted by Crippen LogP contribution is 2.10. The molecule has 4 heteroatoms. The smallest absolute Gasteiger partial charge is 0.178 e. The van der Waals surface area contributed by atoms with Crippen molar-refractivity contribution in [1.82, 2.24) is 4.98 Å². The zero-order valence-electron chi connectivity index (χ0n) is 6.47. The number of pyridine rings is 1. The molecule has 0 aliphatic heterocycles. The number of carbonyl (C=O) groups excluding carboxylic acids is 1. The number of nitrogens with zero attached hydrogens (tertiary/aromatic N) is 1. The molecule has 0 bridgehead atoms. The number of carbonyl (C=O) groups is 1. The maximum atomic E-state index is 11.0. The fourth-order valence-corrected chi connectivity index (χ4v) is 1.59. The Kier molecular flexibility index (Phi) is 3.46. The molecule has 1 aromatic heterocycles. The maximum absolute atomic E-state index is 11.0. The van der Waals surface area contributed by atoms with Crippen LogP contribution < -0.4 is 0 Å². The zero-order chi connectivity index (χ0) is 9.14. The first-order chi connectivity index (χ1) is 5.63. The SMILES string of the molecule is CC(=O)c1cc(I)cc(CCl)n1. The molecule has 2 nitrogen and oxygen atoms in total. The van der Waals surface area contributed by atoms with E-state index in [9.17, 15) is 4.79 Å². The van der Waals surface area contributed by atoms with Gasteiger partial charge >= 0.3 is 0 Å². The van der Waals surface area contributed by atoms with E-state index in [0.717, 1.165) is 9.26 Å². The first kappa shape index (κ1) is 9.92. The molecule has 64 valence electrons. The van der Waals surface area contributed by atoms with Gasteiger partial charge in [-0.2, -0.15) is 0 Å². The van der Waals surface area contributed by atoms with E-state index in [1.165, 1.54) is 6.92 Å². The summed E-state index contributed by atoms with van der Waals surface area (Å²) in [4.78, 5) is 15.0. The van der Waals surface area contributed by atoms with E-state index in [4.69, 9.17) is 11.6 Å². The van der Waals surface area contributed by atoms with Crippen molar-refractivity contribution in [3.63, 3.8) is 0 Å². The number of ketones is 1. The van der Waals surface area contributed by atoms with Crippen LogP contribution in [0.4, 0.5) is 0 Å². The van der Waals surface area contributed by atoms with Gasteiger partial charge in [0.1, 0.15) is 5.69 Å². The van der Waals surface area contributed by atoms with Gasteiger partial charge in [-0.3, -0.25) is 4.79 Å². The van der Waals surface area contributed by atoms with Gasteiger partial charge in [0.25, 0.3) is 0 Å². The molecule has 0 spiro atoms. The molecule has 0 unspecified atom stereocenters. The molecule has 0 aromatic carbocycles. The standard InChI is InChI=1S/C8H7ClINO/c1-5(12)8-3-6(10)2-7(4-9)11-8/h2-3H,4H2,1H3. The largest absolute Gasteiger partial charge is 0.293 e. The van der Waals surface area contributed by atoms with Crippen molar-refractivity contribution in [3.05, 3.63) is 27.1 Å². The second kappa shape index (κ2) is 4.18. The quantitative estimate of drug-likeness (QED) is 0.477. The lowest BCUT2D eigenvalue weighted by Gasteiger charge is -1.99. The Hall–Kier alpha value is -0.160. The van der Waals surface area contributed by atoms with Crippen molar-refractivity contribution in [1.29, 1.82) is 0 Å². The van der Waals surface area contributed by atoms with Crippen LogP contribution >= 0.6 is 34.2 Å². The number of hydrogen-bond acceptors (Lipinski definition) is 2. The molecule has 1 aromatic rings. The predicted molar refractivity (Wildman–Crippen MR) is 56.5 cm³/mol. The van der Waals surface area contributed by atoms with Gasteiger partial charge in [-0.1, -0.05) is 0 Å². The van der Waals surface area contributed by atoms with Gasteiger partial charge in [0.2, 0.25) is 0 Å². The van der Waals surface area contributed by atoms with Crippen LogP contribution in [0.2, 0.25) is 0 Å². The van der Waals surface area contributed by atoms with Crippen LogP contribution in [0.1, 0.15) is 23.1 Å². The molecule has 0 aliphatic carbocycles. The van der Waals surface area contributed by atoms with Gasteiger partial charge in [-0.15, -0.1) is 11.6 Å². The molecule has 0 atom stereocenters. The van der Waals surface area contributed by atoms with Gasteiger partial charge in [0.05, 0.1) is 11.6 Å². The van der Waals surface area contributed by atoms with Crippen molar-refractivity contribution >= 4 is 40.0 Å². The summed E-state index contributed by atoms with van der Waals surface area (Å²) in [6.07, 6.45) is 0. The number of alkyl halides is 1. The van der Waals surface area contributed by atoms with E-state index in [1.807, 2.05) is 6.07 Å². The van der Waals surface area contributed by atoms with Crippen LogP contribution in [0, 0.1) is 3.57 Å². The molecule has 0 saturated heterocycles. The molecule has 0 N–H and O–H groups in total. The Labute approximate surface area is 89.5 Å². The molecule has 1 heterocycles. The third-order valence-electron chi connectivity index (χ3n) is 1.34. The fraction of sp³-hybridized carbons (Fsp3) is 0.250. The van der Waals surface area contributed by atoms with Crippen molar-refractivity contribution in [2.45, 2.75) is 12.8 Å². The van der Waals surface area contributed by atoms with Gasteiger partial charge in [0, 0.05) is 10.5 Å². The molecular formula is C8H7ClINO. The lowest BCUT2D eigenvalue weighted by Crippen LogP contribution is -2.00. The highest BCUT2D eigenvalue weighted by molar-refractivity contribution is 14.1. The lowest BCUT2D eigenvalue weighted by molar-refractivity contribution is 0.101. The molecular weight excluding hydrogens is 288 g/mol. The van der Waals surface area contributed by atoms with Crippen LogP contribution in [0.5, 0.6) is 0 Å². The van der Waals surface area contributed by atoms with Crippen LogP contribution in [0.25, 0.3) is 0 Å². The van der Waals surface area contributed by atoms with Crippen LogP contribution in [0.3, 0.4) is 0 Å². The van der Waals surface area contributed by atoms with Gasteiger partial charge in [-0.05, 0) is 34.7 Å². The van der Waals surface area contributed by atoms with Gasteiger partial charge in [-0.25, -0.2) is 4.98 Å². The Morgan fingerprint density at radius 3 is 2.83 bits per heavy atom. The van der Waals surface area contributed by atoms with Crippen molar-refractivity contribution in [3.8, 4) is 0 Å². The number of halogens is 2. The molecule has 1 rings (SSSR count). The topological polar surface area (TPSA) is 30.0 Å². The number of aromatic nitrogens is 1. The second-order valence-corrected chi connectivity index (χ2v) is 3.86. The summed E-state index contributed by atoms with van der Waals surface area (Å²) < 4.78 is 0.989. The van der Waals surface area contributed by atoms with Crippen LogP contribution in [0.15, 0.2) is 12.1 Å². The van der Waals surface area contributed by atoms with Crippen molar-refractivity contribution in [2.24, 2.45) is 0 Å². The minimum Gasteiger partial charge on any atom is -0.293 e. The zero-order valence-corrected chi connectivity index (χ0v) is 9.39. The first-order valence-electron chi connectivity index (χ1n) is 3.37. The average molecular weight is 296 g/mol. The van der Waals surface area contributed by atoms with Crippen molar-refractivity contribution in [2.75, 3.05) is 0 Å². The summed E-state index contributed by atoms with van der Waals surface area (Å²) in [6.45, 7) is 1.50. The van der Waals surface area contributed by atoms with E-state index < -0.39 is 0 Å². The Morgan fingerprint density at radius 2 is 2.33 bits per heavy atom. The van der Waals surface area contributed by atoms with E-state index in [0.29, 0.717) is 11.6 Å². The van der Waals surface area contributed by atoms with E-state index in [2.05, 4.69) is 27.6 Å². The van der Waals surface area contributed by atoms with E-state index >= 15 is 0 Å². The van der Waals surface area contributed by atoms with Crippen molar-refractivity contribution < 1.29 is 4.79 Å². The van der Waals surface area contributed by atoms with Crippen LogP contribution in [-0.4, -0.2) is 10.8 Å². The highest BCUT2D eigenvalue weighted by atomic mass is 127. The summed E-state index contributed by atoms with van der Waals surface area (Å²) >= 11 is 7.74. The minimum atomic E-state index is -0.0279. The Bertz CT molecular complexity index is 314. The average Bonchev–Trinajstić information content (AvgIpc) is 2.03. The molecule has 0 saturated carbocycles. The normalized spacial score (nSPS) is 9.92. The minimum absolute atomic E-state index is 0.0279. The van der Waals surface area contributed by atoms with E-state index in [-0.39, 0.29) is 5.78 Å². The summed E-state index contributed by atoms with van der Waals surface area (Å²) in [7, 11) is 0. The maximum Gasteiger partial charge on any atom is 0.178 e. The van der Waals surface area contributed by atoms with E-state index in [1.54, 1.807) is 6.07 Å². The Morgan fingerprint density at radius 1 is 1.67 bits per heavy atom. The molecule has 12 heavy (non-hydrogen) atoms. The summed E-state index contributed by atoms with van der Waals surface area (Å²) in [5.74, 6) is 0.316. The number of rotatable bonds is 2. The molecule has 0 radical (unpaired) electrons. The lowest BCUT2D eigenvalue weighted by atomic mass is 10.2. The molecule has 0 fully saturated rings. The summed E-state index contributed by atoms with van der Waals surface area (Å²) in [6, 6.07) is 3.61. The Balaban J connectivity index is 3.15. The number of Topliss-reactive ketones (excluding diaryl/α,β-unsaturated/α-hetero) is 1. The van der Waals surface area contributed by atoms with Gasteiger partial charge in [0.15, 0.2) is 5.78 Å². The summed E-state index contributed by atoms with van der Waals surface area (Å²) in [5, 5.41) is 0. The summed E-state index contributed by atoms with van der Waals surface area (Å²) in [5.41, 5.74) is 1.23. The highest BCUT2D eigenvalue weighted by Gasteiger charge is 2.03. The number of hydrogen-bond donors (Lipinski definition) is 0. The predicted octanol–water partition coefficient (Wildman–Crippen LogP) is 2.63.